The van der Waals surface area contributed by atoms with Crippen LogP contribution >= 0.6 is 0 Å². The quantitative estimate of drug-likeness (QED) is 0.595. The summed E-state index contributed by atoms with van der Waals surface area (Å²) in [6, 6.07) is 0. The van der Waals surface area contributed by atoms with Crippen molar-refractivity contribution in [3.63, 3.8) is 0 Å². The average molecular weight is 205 g/mol. The smallest absolute Gasteiger partial charge is 0.250 e. The molecule has 1 aliphatic heterocycles. The second-order valence-corrected chi connectivity index (χ2v) is 2.52. The zero-order valence-corrected chi connectivity index (χ0v) is 8.11. The highest BCUT2D eigenvalue weighted by atomic mass is 16.5. The van der Waals surface area contributed by atoms with Crippen LogP contribution in [-0.2, 0) is 9.53 Å². The Morgan fingerprint density at radius 1 is 1.33 bits per heavy atom. The van der Waals surface area contributed by atoms with Crippen molar-refractivity contribution in [2.45, 2.75) is 6.42 Å². The maximum absolute atomic E-state index is 11.0. The molecule has 0 aromatic heterocycles. The lowest BCUT2D eigenvalue weighted by molar-refractivity contribution is -0.116. The Morgan fingerprint density at radius 3 is 3.20 bits per heavy atom. The molecular weight excluding hydrogens is 194 g/mol. The van der Waals surface area contributed by atoms with Crippen molar-refractivity contribution in [3.05, 3.63) is 24.6 Å². The minimum atomic E-state index is -0.245. The van der Waals surface area contributed by atoms with E-state index in [1.54, 1.807) is 18.4 Å². The second-order valence-electron chi connectivity index (χ2n) is 2.52. The molecule has 78 valence electrons. The lowest BCUT2D eigenvalue weighted by atomic mass is 10.4. The number of allylic oxidation sites excluding steroid dienone is 1. The van der Waals surface area contributed by atoms with Gasteiger partial charge in [-0.1, -0.05) is 6.08 Å². The number of hydrogen-bond donors (Lipinski definition) is 0. The Labute approximate surface area is 87.6 Å². The molecule has 0 N–H and O–H groups in total. The Morgan fingerprint density at radius 2 is 2.27 bits per heavy atom. The van der Waals surface area contributed by atoms with Crippen molar-refractivity contribution in [1.29, 1.82) is 0 Å². The van der Waals surface area contributed by atoms with Gasteiger partial charge in [0.05, 0.1) is 6.20 Å². The lowest BCUT2D eigenvalue weighted by Gasteiger charge is -1.91. The summed E-state index contributed by atoms with van der Waals surface area (Å²) in [4.78, 5) is 22.2. The summed E-state index contributed by atoms with van der Waals surface area (Å²) in [6.45, 7) is 0.321. The summed E-state index contributed by atoms with van der Waals surface area (Å²) in [7, 11) is 0. The number of carbonyl (C=O) groups is 1. The van der Waals surface area contributed by atoms with Gasteiger partial charge in [0.25, 0.3) is 5.91 Å². The van der Waals surface area contributed by atoms with Gasteiger partial charge in [0.1, 0.15) is 19.2 Å². The van der Waals surface area contributed by atoms with Gasteiger partial charge in [-0.25, -0.2) is 9.98 Å². The second kappa shape index (κ2) is 7.37. The molecular formula is C10H11N3O2. The molecule has 1 amide bonds. The summed E-state index contributed by atoms with van der Waals surface area (Å²) in [5.74, 6) is -0.245. The Balaban J connectivity index is 2.59. The Kier molecular flexibility index (Phi) is 5.42. The van der Waals surface area contributed by atoms with E-state index in [4.69, 9.17) is 4.74 Å². The van der Waals surface area contributed by atoms with Crippen molar-refractivity contribution in [1.82, 2.24) is 0 Å². The van der Waals surface area contributed by atoms with Crippen LogP contribution in [0.1, 0.15) is 6.42 Å². The molecule has 5 nitrogen and oxygen atoms in total. The lowest BCUT2D eigenvalue weighted by Crippen LogP contribution is -1.92. The van der Waals surface area contributed by atoms with Gasteiger partial charge in [0.15, 0.2) is 0 Å². The van der Waals surface area contributed by atoms with E-state index in [0.29, 0.717) is 6.61 Å². The van der Waals surface area contributed by atoms with Crippen molar-refractivity contribution in [2.75, 3.05) is 6.61 Å². The minimum absolute atomic E-state index is 0.245. The average Bonchev–Trinajstić information content (AvgIpc) is 2.24. The van der Waals surface area contributed by atoms with E-state index in [1.807, 2.05) is 0 Å². The molecule has 15 heavy (non-hydrogen) atoms. The van der Waals surface area contributed by atoms with Gasteiger partial charge in [0.2, 0.25) is 0 Å². The highest BCUT2D eigenvalue weighted by Gasteiger charge is 1.91. The molecule has 0 unspecified atom stereocenters. The first kappa shape index (κ1) is 11.0. The molecule has 0 atom stereocenters. The largest absolute Gasteiger partial charge is 0.494 e. The molecule has 0 fully saturated rings. The predicted molar refractivity (Wildman–Crippen MR) is 59.3 cm³/mol. The number of rotatable bonds is 0. The molecule has 0 saturated carbocycles. The summed E-state index contributed by atoms with van der Waals surface area (Å²) in [5.41, 5.74) is 0. The molecule has 1 heterocycles. The van der Waals surface area contributed by atoms with Gasteiger partial charge >= 0.3 is 0 Å². The third-order valence-electron chi connectivity index (χ3n) is 1.39. The number of ether oxygens (including phenoxy) is 1. The number of carbonyl (C=O) groups excluding carboxylic acids is 1. The van der Waals surface area contributed by atoms with Crippen LogP contribution in [0.4, 0.5) is 0 Å². The Bertz CT molecular complexity index is 341. The van der Waals surface area contributed by atoms with E-state index in [9.17, 15) is 4.79 Å². The number of nitrogens with zero attached hydrogens (tertiary/aromatic N) is 3. The maximum Gasteiger partial charge on any atom is 0.250 e. The first-order valence-corrected chi connectivity index (χ1v) is 4.41. The molecule has 0 aromatic carbocycles. The summed E-state index contributed by atoms with van der Waals surface area (Å²) < 4.78 is 4.99. The normalized spacial score (nSPS) is 17.5. The fourth-order valence-corrected chi connectivity index (χ4v) is 0.746. The van der Waals surface area contributed by atoms with Crippen LogP contribution in [0.25, 0.3) is 0 Å². The molecule has 0 aliphatic carbocycles. The minimum Gasteiger partial charge on any atom is -0.494 e. The van der Waals surface area contributed by atoms with Gasteiger partial charge in [-0.05, 0) is 6.08 Å². The van der Waals surface area contributed by atoms with E-state index in [1.165, 1.54) is 25.0 Å². The SMILES string of the molecule is O=C1CC=CC=NC=COCC=NC=N1. The van der Waals surface area contributed by atoms with Crippen molar-refractivity contribution < 1.29 is 9.53 Å². The van der Waals surface area contributed by atoms with E-state index in [-0.39, 0.29) is 12.3 Å². The third kappa shape index (κ3) is 6.09. The van der Waals surface area contributed by atoms with Crippen molar-refractivity contribution in [2.24, 2.45) is 15.0 Å². The number of amides is 1. The van der Waals surface area contributed by atoms with Crippen LogP contribution in [-0.4, -0.2) is 31.3 Å². The van der Waals surface area contributed by atoms with Crippen LogP contribution in [0.5, 0.6) is 0 Å². The number of hydrogen-bond acceptors (Lipinski definition) is 4. The zero-order valence-electron chi connectivity index (χ0n) is 8.11. The first-order chi connectivity index (χ1) is 7.39. The summed E-state index contributed by atoms with van der Waals surface area (Å²) >= 11 is 0. The van der Waals surface area contributed by atoms with E-state index >= 15 is 0 Å². The first-order valence-electron chi connectivity index (χ1n) is 4.41. The van der Waals surface area contributed by atoms with Crippen LogP contribution < -0.4 is 0 Å². The fourth-order valence-electron chi connectivity index (χ4n) is 0.746. The topological polar surface area (TPSA) is 63.4 Å². The maximum atomic E-state index is 11.0. The van der Waals surface area contributed by atoms with Gasteiger partial charge in [-0.15, -0.1) is 0 Å². The molecule has 1 rings (SSSR count). The highest BCUT2D eigenvalue weighted by molar-refractivity contribution is 5.88. The molecule has 1 aliphatic rings. The molecule has 0 aromatic rings. The molecule has 0 bridgehead atoms. The highest BCUT2D eigenvalue weighted by Crippen LogP contribution is 1.87. The fraction of sp³-hybridized carbons (Fsp3) is 0.200. The predicted octanol–water partition coefficient (Wildman–Crippen LogP) is 1.13. The third-order valence-corrected chi connectivity index (χ3v) is 1.39. The van der Waals surface area contributed by atoms with E-state index < -0.39 is 0 Å². The van der Waals surface area contributed by atoms with Crippen LogP contribution in [0.2, 0.25) is 0 Å². The van der Waals surface area contributed by atoms with Crippen molar-refractivity contribution >= 4 is 24.7 Å². The van der Waals surface area contributed by atoms with Gasteiger partial charge in [-0.3, -0.25) is 9.79 Å². The molecule has 0 saturated heterocycles. The number of aliphatic imine (C=N–C) groups is 3. The van der Waals surface area contributed by atoms with Gasteiger partial charge in [-0.2, -0.15) is 0 Å². The van der Waals surface area contributed by atoms with Crippen LogP contribution in [0.15, 0.2) is 39.6 Å². The monoisotopic (exact) mass is 205 g/mol. The van der Waals surface area contributed by atoms with E-state index in [0.717, 1.165) is 0 Å². The van der Waals surface area contributed by atoms with Gasteiger partial charge in [0, 0.05) is 18.9 Å². The van der Waals surface area contributed by atoms with E-state index in [2.05, 4.69) is 15.0 Å². The molecule has 0 spiro atoms. The van der Waals surface area contributed by atoms with Crippen molar-refractivity contribution in [3.8, 4) is 0 Å². The summed E-state index contributed by atoms with van der Waals surface area (Å²) in [6.07, 6.45) is 10.9. The van der Waals surface area contributed by atoms with Crippen LogP contribution in [0.3, 0.4) is 0 Å². The Hall–Kier alpha value is -2.04. The zero-order chi connectivity index (χ0) is 10.8. The molecule has 5 heteroatoms. The molecule has 0 radical (unpaired) electrons. The van der Waals surface area contributed by atoms with Crippen LogP contribution in [0, 0.1) is 0 Å². The standard InChI is InChI=1S/C10H11N3O2/c14-10-3-1-2-4-11-5-7-15-8-6-12-9-13-10/h1-2,4-7,9H,3,8H2. The van der Waals surface area contributed by atoms with Gasteiger partial charge < -0.3 is 4.74 Å². The summed E-state index contributed by atoms with van der Waals surface area (Å²) in [5, 5.41) is 0.